The summed E-state index contributed by atoms with van der Waals surface area (Å²) < 4.78 is 5.74. The minimum atomic E-state index is -0.104. The molecule has 0 radical (unpaired) electrons. The molecule has 0 aliphatic carbocycles. The number of nitrogens with one attached hydrogen (secondary N) is 1. The van der Waals surface area contributed by atoms with Crippen molar-refractivity contribution in [2.24, 2.45) is 5.92 Å². The summed E-state index contributed by atoms with van der Waals surface area (Å²) in [6.45, 7) is 1.02. The van der Waals surface area contributed by atoms with E-state index in [1.165, 1.54) is 0 Å². The highest BCUT2D eigenvalue weighted by Gasteiger charge is 2.34. The van der Waals surface area contributed by atoms with Gasteiger partial charge in [-0.2, -0.15) is 15.3 Å². The van der Waals surface area contributed by atoms with Crippen LogP contribution in [-0.2, 0) is 17.8 Å². The highest BCUT2D eigenvalue weighted by atomic mass is 16.5. The Morgan fingerprint density at radius 2 is 2.21 bits per heavy atom. The molecule has 28 heavy (non-hydrogen) atoms. The van der Waals surface area contributed by atoms with Crippen molar-refractivity contribution in [1.82, 2.24) is 15.2 Å². The average Bonchev–Trinajstić information content (AvgIpc) is 3.35. The molecule has 3 aromatic rings. The van der Waals surface area contributed by atoms with Crippen LogP contribution in [0.5, 0.6) is 5.88 Å². The van der Waals surface area contributed by atoms with E-state index in [-0.39, 0.29) is 11.8 Å². The molecule has 1 unspecified atom stereocenters. The van der Waals surface area contributed by atoms with Gasteiger partial charge < -0.3 is 4.74 Å². The van der Waals surface area contributed by atoms with Crippen molar-refractivity contribution < 1.29 is 9.53 Å². The Balaban J connectivity index is 1.37. The molecule has 1 saturated heterocycles. The summed E-state index contributed by atoms with van der Waals surface area (Å²) in [6.07, 6.45) is 3.16. The smallest absolute Gasteiger partial charge is 0.231 e. The van der Waals surface area contributed by atoms with Crippen LogP contribution in [0.3, 0.4) is 0 Å². The van der Waals surface area contributed by atoms with E-state index in [9.17, 15) is 4.79 Å². The average molecular weight is 371 g/mol. The van der Waals surface area contributed by atoms with Crippen molar-refractivity contribution in [1.29, 1.82) is 5.26 Å². The second-order valence-corrected chi connectivity index (χ2v) is 7.06. The van der Waals surface area contributed by atoms with Gasteiger partial charge >= 0.3 is 0 Å². The molecular weight excluding hydrogens is 354 g/mol. The summed E-state index contributed by atoms with van der Waals surface area (Å²) in [4.78, 5) is 19.3. The van der Waals surface area contributed by atoms with Crippen molar-refractivity contribution in [3.63, 3.8) is 0 Å². The Labute approximate surface area is 161 Å². The molecular formula is C21H17N5O2. The van der Waals surface area contributed by atoms with E-state index in [4.69, 9.17) is 10.00 Å². The van der Waals surface area contributed by atoms with Crippen molar-refractivity contribution >= 4 is 11.7 Å². The Morgan fingerprint density at radius 1 is 1.29 bits per heavy atom. The third-order valence-corrected chi connectivity index (χ3v) is 5.34. The molecule has 0 bridgehead atoms. The Bertz CT molecular complexity index is 1110. The number of rotatable bonds is 3. The van der Waals surface area contributed by atoms with Gasteiger partial charge in [0.2, 0.25) is 11.8 Å². The number of aromatic amines is 1. The quantitative estimate of drug-likeness (QED) is 0.764. The summed E-state index contributed by atoms with van der Waals surface area (Å²) in [5, 5.41) is 16.0. The zero-order chi connectivity index (χ0) is 19.1. The van der Waals surface area contributed by atoms with Crippen molar-refractivity contribution in [3.05, 3.63) is 59.4 Å². The molecule has 5 rings (SSSR count). The number of amides is 1. The topological polar surface area (TPSA) is 94.9 Å². The van der Waals surface area contributed by atoms with E-state index in [1.807, 2.05) is 30.3 Å². The number of benzene rings is 1. The number of aromatic nitrogens is 3. The van der Waals surface area contributed by atoms with Crippen LogP contribution in [0.2, 0.25) is 0 Å². The minimum absolute atomic E-state index is 0.0645. The highest BCUT2D eigenvalue weighted by molar-refractivity contribution is 5.96. The predicted molar refractivity (Wildman–Crippen MR) is 101 cm³/mol. The summed E-state index contributed by atoms with van der Waals surface area (Å²) >= 11 is 0. The van der Waals surface area contributed by atoms with Crippen LogP contribution in [0.1, 0.15) is 23.2 Å². The van der Waals surface area contributed by atoms with Gasteiger partial charge in [-0.3, -0.25) is 14.8 Å². The van der Waals surface area contributed by atoms with Gasteiger partial charge in [0.1, 0.15) is 12.4 Å². The summed E-state index contributed by atoms with van der Waals surface area (Å²) in [7, 11) is 0. The van der Waals surface area contributed by atoms with E-state index in [1.54, 1.807) is 17.2 Å². The number of nitriles is 1. The van der Waals surface area contributed by atoms with Gasteiger partial charge in [0.25, 0.3) is 0 Å². The van der Waals surface area contributed by atoms with Crippen LogP contribution >= 0.6 is 0 Å². The van der Waals surface area contributed by atoms with Crippen LogP contribution in [0.4, 0.5) is 5.82 Å². The first-order valence-electron chi connectivity index (χ1n) is 9.20. The van der Waals surface area contributed by atoms with Gasteiger partial charge in [-0.15, -0.1) is 0 Å². The van der Waals surface area contributed by atoms with Crippen molar-refractivity contribution in [2.75, 3.05) is 11.4 Å². The number of anilines is 1. The lowest BCUT2D eigenvalue weighted by molar-refractivity contribution is -0.120. The third-order valence-electron chi connectivity index (χ3n) is 5.34. The largest absolute Gasteiger partial charge is 0.471 e. The summed E-state index contributed by atoms with van der Waals surface area (Å²) in [5.41, 5.74) is 4.43. The van der Waals surface area contributed by atoms with Gasteiger partial charge in [-0.05, 0) is 42.7 Å². The number of nitrogens with zero attached hydrogens (tertiary/aromatic N) is 4. The van der Waals surface area contributed by atoms with Crippen LogP contribution in [0, 0.1) is 17.2 Å². The van der Waals surface area contributed by atoms with Gasteiger partial charge in [0.05, 0.1) is 23.5 Å². The van der Waals surface area contributed by atoms with Crippen LogP contribution in [0.15, 0.2) is 42.6 Å². The van der Waals surface area contributed by atoms with Gasteiger partial charge in [0.15, 0.2) is 0 Å². The molecule has 2 aliphatic heterocycles. The molecule has 1 aromatic carbocycles. The molecule has 1 atom stereocenters. The maximum absolute atomic E-state index is 13.0. The SMILES string of the molecule is N#Cc1cccc(CC2CCN(c3ccc4c(n3)OCc3[nH]ncc3-4)C2=O)c1. The number of carbonyl (C=O) groups excluding carboxylic acids is 1. The number of fused-ring (bicyclic) bond motifs is 3. The fourth-order valence-corrected chi connectivity index (χ4v) is 3.90. The monoisotopic (exact) mass is 371 g/mol. The Morgan fingerprint density at radius 3 is 3.11 bits per heavy atom. The van der Waals surface area contributed by atoms with Crippen molar-refractivity contribution in [2.45, 2.75) is 19.4 Å². The van der Waals surface area contributed by atoms with Gasteiger partial charge in [-0.25, -0.2) is 0 Å². The lowest BCUT2D eigenvalue weighted by atomic mass is 9.97. The van der Waals surface area contributed by atoms with E-state index < -0.39 is 0 Å². The number of carbonyl (C=O) groups is 1. The van der Waals surface area contributed by atoms with Crippen molar-refractivity contribution in [3.8, 4) is 23.1 Å². The number of H-pyrrole nitrogens is 1. The maximum Gasteiger partial charge on any atom is 0.231 e. The predicted octanol–water partition coefficient (Wildman–Crippen LogP) is 2.83. The standard InChI is InChI=1S/C21H17N5O2/c22-10-14-3-1-2-13(8-14)9-15-6-7-26(21(15)27)19-5-4-16-17-11-23-25-18(17)12-28-20(16)24-19/h1-5,8,11,15H,6-7,9,12H2,(H,23,25). The van der Waals surface area contributed by atoms with E-state index in [2.05, 4.69) is 21.3 Å². The fraction of sp³-hybridized carbons (Fsp3) is 0.238. The molecule has 1 N–H and O–H groups in total. The molecule has 7 nitrogen and oxygen atoms in total. The molecule has 0 saturated carbocycles. The van der Waals surface area contributed by atoms with Crippen LogP contribution < -0.4 is 9.64 Å². The number of hydrogen-bond acceptors (Lipinski definition) is 5. The second kappa shape index (κ2) is 6.50. The first-order valence-corrected chi connectivity index (χ1v) is 9.20. The Hall–Kier alpha value is -3.66. The van der Waals surface area contributed by atoms with Gasteiger partial charge in [-0.1, -0.05) is 12.1 Å². The normalized spacial score (nSPS) is 17.6. The zero-order valence-corrected chi connectivity index (χ0v) is 15.1. The lowest BCUT2D eigenvalue weighted by Crippen LogP contribution is -2.28. The molecule has 2 aliphatic rings. The highest BCUT2D eigenvalue weighted by Crippen LogP contribution is 2.37. The zero-order valence-electron chi connectivity index (χ0n) is 15.1. The molecule has 2 aromatic heterocycles. The minimum Gasteiger partial charge on any atom is -0.471 e. The molecule has 4 heterocycles. The molecule has 0 spiro atoms. The lowest BCUT2D eigenvalue weighted by Gasteiger charge is -2.20. The molecule has 1 amide bonds. The maximum atomic E-state index is 13.0. The fourth-order valence-electron chi connectivity index (χ4n) is 3.90. The summed E-state index contributed by atoms with van der Waals surface area (Å²) in [6, 6.07) is 13.4. The first kappa shape index (κ1) is 16.5. The van der Waals surface area contributed by atoms with E-state index in [0.29, 0.717) is 36.8 Å². The second-order valence-electron chi connectivity index (χ2n) is 7.06. The molecule has 1 fully saturated rings. The van der Waals surface area contributed by atoms with E-state index in [0.717, 1.165) is 28.8 Å². The third kappa shape index (κ3) is 2.70. The number of hydrogen-bond donors (Lipinski definition) is 1. The van der Waals surface area contributed by atoms with Crippen LogP contribution in [-0.4, -0.2) is 27.6 Å². The van der Waals surface area contributed by atoms with Crippen LogP contribution in [0.25, 0.3) is 11.1 Å². The van der Waals surface area contributed by atoms with E-state index >= 15 is 0 Å². The number of pyridine rings is 1. The molecule has 7 heteroatoms. The molecule has 138 valence electrons. The van der Waals surface area contributed by atoms with Gasteiger partial charge in [0, 0.05) is 23.6 Å². The Kier molecular flexibility index (Phi) is 3.83. The number of ether oxygens (including phenoxy) is 1. The first-order chi connectivity index (χ1) is 13.7. The summed E-state index contributed by atoms with van der Waals surface area (Å²) in [5.74, 6) is 1.11.